The van der Waals surface area contributed by atoms with Gasteiger partial charge in [-0.15, -0.1) is 0 Å². The first-order chi connectivity index (χ1) is 7.81. The fourth-order valence-electron chi connectivity index (χ4n) is 1.44. The van der Waals surface area contributed by atoms with Crippen LogP contribution in [0.15, 0.2) is 12.3 Å². The first-order valence-electron chi connectivity index (χ1n) is 6.21. The van der Waals surface area contributed by atoms with E-state index in [0.29, 0.717) is 0 Å². The molecule has 16 heavy (non-hydrogen) atoms. The summed E-state index contributed by atoms with van der Waals surface area (Å²) in [6, 6.07) is 0. The Labute approximate surface area is 108 Å². The highest BCUT2D eigenvalue weighted by molar-refractivity contribution is 9.09. The third kappa shape index (κ3) is 11.8. The van der Waals surface area contributed by atoms with E-state index in [-0.39, 0.29) is 11.3 Å². The summed E-state index contributed by atoms with van der Waals surface area (Å²) in [5.41, 5.74) is 0. The molecule has 0 aliphatic heterocycles. The minimum absolute atomic E-state index is 0.240. The molecule has 3 heteroatoms. The van der Waals surface area contributed by atoms with Crippen molar-refractivity contribution in [1.82, 2.24) is 0 Å². The topological polar surface area (TPSA) is 26.3 Å². The molecule has 0 aromatic rings. The van der Waals surface area contributed by atoms with Gasteiger partial charge in [-0.05, 0) is 18.9 Å². The van der Waals surface area contributed by atoms with Crippen LogP contribution in [-0.2, 0) is 9.53 Å². The highest BCUT2D eigenvalue weighted by Crippen LogP contribution is 2.08. The van der Waals surface area contributed by atoms with Crippen LogP contribution in [0.25, 0.3) is 0 Å². The molecule has 0 atom stereocenters. The number of allylic oxidation sites excluding steroid dienone is 1. The SMILES string of the molecule is CCCCCCCCCC=COC(=O)CBr. The second-order valence-corrected chi connectivity index (χ2v) is 4.47. The van der Waals surface area contributed by atoms with Crippen molar-refractivity contribution in [2.75, 3.05) is 5.33 Å². The van der Waals surface area contributed by atoms with Gasteiger partial charge in [-0.25, -0.2) is 0 Å². The fourth-order valence-corrected chi connectivity index (χ4v) is 1.58. The maximum Gasteiger partial charge on any atom is 0.321 e. The van der Waals surface area contributed by atoms with Gasteiger partial charge in [0.05, 0.1) is 6.26 Å². The monoisotopic (exact) mass is 290 g/mol. The van der Waals surface area contributed by atoms with Crippen LogP contribution in [-0.4, -0.2) is 11.3 Å². The summed E-state index contributed by atoms with van der Waals surface area (Å²) < 4.78 is 4.78. The van der Waals surface area contributed by atoms with Gasteiger partial charge in [-0.1, -0.05) is 61.4 Å². The lowest BCUT2D eigenvalue weighted by Crippen LogP contribution is -1.98. The predicted molar refractivity (Wildman–Crippen MR) is 71.6 cm³/mol. The number of alkyl halides is 1. The smallest absolute Gasteiger partial charge is 0.321 e. The van der Waals surface area contributed by atoms with Crippen LogP contribution in [0.3, 0.4) is 0 Å². The van der Waals surface area contributed by atoms with Gasteiger partial charge >= 0.3 is 5.97 Å². The first-order valence-corrected chi connectivity index (χ1v) is 7.33. The lowest BCUT2D eigenvalue weighted by atomic mass is 10.1. The molecule has 0 aliphatic rings. The van der Waals surface area contributed by atoms with Gasteiger partial charge < -0.3 is 4.74 Å². The van der Waals surface area contributed by atoms with Crippen molar-refractivity contribution in [1.29, 1.82) is 0 Å². The zero-order valence-corrected chi connectivity index (χ0v) is 11.8. The van der Waals surface area contributed by atoms with Crippen LogP contribution >= 0.6 is 15.9 Å². The van der Waals surface area contributed by atoms with Gasteiger partial charge in [0.25, 0.3) is 0 Å². The molecular formula is C13H23BrO2. The quantitative estimate of drug-likeness (QED) is 0.255. The van der Waals surface area contributed by atoms with Gasteiger partial charge in [0, 0.05) is 0 Å². The summed E-state index contributed by atoms with van der Waals surface area (Å²) in [7, 11) is 0. The van der Waals surface area contributed by atoms with Crippen LogP contribution < -0.4 is 0 Å². The van der Waals surface area contributed by atoms with Crippen molar-refractivity contribution < 1.29 is 9.53 Å². The van der Waals surface area contributed by atoms with Crippen LogP contribution in [0.2, 0.25) is 0 Å². The summed E-state index contributed by atoms with van der Waals surface area (Å²) in [4.78, 5) is 10.7. The van der Waals surface area contributed by atoms with Crippen molar-refractivity contribution in [3.8, 4) is 0 Å². The number of ether oxygens (including phenoxy) is 1. The number of hydrogen-bond donors (Lipinski definition) is 0. The highest BCUT2D eigenvalue weighted by Gasteiger charge is 1.94. The Bertz CT molecular complexity index is 190. The molecule has 0 aromatic heterocycles. The van der Waals surface area contributed by atoms with E-state index in [2.05, 4.69) is 22.9 Å². The Kier molecular flexibility index (Phi) is 12.5. The molecule has 94 valence electrons. The molecule has 0 unspecified atom stereocenters. The zero-order valence-electron chi connectivity index (χ0n) is 10.2. The summed E-state index contributed by atoms with van der Waals surface area (Å²) >= 11 is 3.03. The number of rotatable bonds is 10. The average molecular weight is 291 g/mol. The minimum Gasteiger partial charge on any atom is -0.434 e. The number of carbonyl (C=O) groups excluding carboxylic acids is 1. The molecule has 0 saturated heterocycles. The standard InChI is InChI=1S/C13H23BrO2/c1-2-3-4-5-6-7-8-9-10-11-16-13(15)12-14/h10-11H,2-9,12H2,1H3. The Morgan fingerprint density at radius 1 is 1.12 bits per heavy atom. The highest BCUT2D eigenvalue weighted by atomic mass is 79.9. The molecule has 0 amide bonds. The third-order valence-corrected chi connectivity index (χ3v) is 2.84. The number of hydrogen-bond acceptors (Lipinski definition) is 2. The summed E-state index contributed by atoms with van der Waals surface area (Å²) in [6.07, 6.45) is 13.6. The molecule has 0 saturated carbocycles. The van der Waals surface area contributed by atoms with Crippen LogP contribution in [0.4, 0.5) is 0 Å². The van der Waals surface area contributed by atoms with E-state index in [9.17, 15) is 4.79 Å². The van der Waals surface area contributed by atoms with E-state index in [1.165, 1.54) is 51.2 Å². The molecule has 0 aromatic carbocycles. The molecule has 0 radical (unpaired) electrons. The van der Waals surface area contributed by atoms with E-state index in [1.807, 2.05) is 6.08 Å². The molecule has 0 fully saturated rings. The number of unbranched alkanes of at least 4 members (excludes halogenated alkanes) is 7. The Balaban J connectivity index is 3.11. The van der Waals surface area contributed by atoms with E-state index in [0.717, 1.165) is 6.42 Å². The van der Waals surface area contributed by atoms with Crippen molar-refractivity contribution in [3.05, 3.63) is 12.3 Å². The molecular weight excluding hydrogens is 268 g/mol. The summed E-state index contributed by atoms with van der Waals surface area (Å²) in [6.45, 7) is 2.24. The molecule has 0 aliphatic carbocycles. The summed E-state index contributed by atoms with van der Waals surface area (Å²) in [5, 5.41) is 0.259. The first kappa shape index (κ1) is 15.7. The number of halogens is 1. The van der Waals surface area contributed by atoms with Crippen LogP contribution in [0.5, 0.6) is 0 Å². The van der Waals surface area contributed by atoms with Crippen molar-refractivity contribution in [2.45, 2.75) is 58.3 Å². The van der Waals surface area contributed by atoms with E-state index in [4.69, 9.17) is 4.74 Å². The second kappa shape index (κ2) is 12.8. The number of esters is 1. The Hall–Kier alpha value is -0.310. The van der Waals surface area contributed by atoms with Crippen LogP contribution in [0.1, 0.15) is 58.3 Å². The molecule has 0 rings (SSSR count). The Morgan fingerprint density at radius 3 is 2.38 bits per heavy atom. The van der Waals surface area contributed by atoms with Crippen LogP contribution in [0, 0.1) is 0 Å². The van der Waals surface area contributed by atoms with Gasteiger partial charge in [0.15, 0.2) is 0 Å². The van der Waals surface area contributed by atoms with Crippen molar-refractivity contribution in [3.63, 3.8) is 0 Å². The lowest BCUT2D eigenvalue weighted by Gasteiger charge is -1.98. The van der Waals surface area contributed by atoms with E-state index in [1.54, 1.807) is 0 Å². The maximum atomic E-state index is 10.7. The number of carbonyl (C=O) groups is 1. The van der Waals surface area contributed by atoms with E-state index < -0.39 is 0 Å². The van der Waals surface area contributed by atoms with Gasteiger partial charge in [0.1, 0.15) is 5.33 Å². The predicted octanol–water partition coefficient (Wildman–Crippen LogP) is 4.58. The lowest BCUT2D eigenvalue weighted by molar-refractivity contribution is -0.134. The van der Waals surface area contributed by atoms with Gasteiger partial charge in [0.2, 0.25) is 0 Å². The molecule has 0 N–H and O–H groups in total. The normalized spacial score (nSPS) is 10.9. The summed E-state index contributed by atoms with van der Waals surface area (Å²) in [5.74, 6) is -0.240. The van der Waals surface area contributed by atoms with E-state index >= 15 is 0 Å². The minimum atomic E-state index is -0.240. The molecule has 0 spiro atoms. The van der Waals surface area contributed by atoms with Gasteiger partial charge in [-0.3, -0.25) is 4.79 Å². The second-order valence-electron chi connectivity index (χ2n) is 3.91. The Morgan fingerprint density at radius 2 is 1.75 bits per heavy atom. The van der Waals surface area contributed by atoms with Crippen molar-refractivity contribution in [2.24, 2.45) is 0 Å². The maximum absolute atomic E-state index is 10.7. The molecule has 0 bridgehead atoms. The zero-order chi connectivity index (χ0) is 12.1. The van der Waals surface area contributed by atoms with Gasteiger partial charge in [-0.2, -0.15) is 0 Å². The largest absolute Gasteiger partial charge is 0.434 e. The molecule has 0 heterocycles. The third-order valence-electron chi connectivity index (χ3n) is 2.38. The fraction of sp³-hybridized carbons (Fsp3) is 0.769. The average Bonchev–Trinajstić information content (AvgIpc) is 2.31. The molecule has 2 nitrogen and oxygen atoms in total. The van der Waals surface area contributed by atoms with Crippen molar-refractivity contribution >= 4 is 21.9 Å².